The molecule has 4 aliphatic rings. The van der Waals surface area contributed by atoms with Gasteiger partial charge in [0.05, 0.1) is 33.5 Å². The fourth-order valence-corrected chi connectivity index (χ4v) is 6.18. The van der Waals surface area contributed by atoms with Gasteiger partial charge in [-0.2, -0.15) is 0 Å². The van der Waals surface area contributed by atoms with Gasteiger partial charge in [0.15, 0.2) is 17.8 Å². The van der Waals surface area contributed by atoms with E-state index in [2.05, 4.69) is 6.92 Å². The molecule has 6 nitrogen and oxygen atoms in total. The van der Waals surface area contributed by atoms with E-state index in [-0.39, 0.29) is 35.6 Å². The summed E-state index contributed by atoms with van der Waals surface area (Å²) in [5.41, 5.74) is 0.769. The van der Waals surface area contributed by atoms with Gasteiger partial charge in [0.2, 0.25) is 5.75 Å². The number of methoxy groups -OCH3 is 3. The second kappa shape index (κ2) is 6.00. The number of benzene rings is 1. The van der Waals surface area contributed by atoms with Crippen molar-refractivity contribution in [1.82, 2.24) is 0 Å². The van der Waals surface area contributed by atoms with E-state index in [1.807, 2.05) is 12.1 Å². The zero-order chi connectivity index (χ0) is 18.8. The van der Waals surface area contributed by atoms with Crippen molar-refractivity contribution in [2.45, 2.75) is 69.2 Å². The number of fused-ring (bicyclic) bond motifs is 1. The summed E-state index contributed by atoms with van der Waals surface area (Å²) in [7, 11) is 4.92. The maximum atomic E-state index is 6.71. The van der Waals surface area contributed by atoms with Gasteiger partial charge in [-0.1, -0.05) is 12.8 Å². The summed E-state index contributed by atoms with van der Waals surface area (Å²) in [6.45, 7) is 2.12. The van der Waals surface area contributed by atoms with Crippen molar-refractivity contribution >= 4 is 0 Å². The minimum atomic E-state index is -0.237. The van der Waals surface area contributed by atoms with Crippen LogP contribution in [0.5, 0.6) is 17.2 Å². The molecule has 1 aliphatic carbocycles. The van der Waals surface area contributed by atoms with Crippen LogP contribution in [-0.4, -0.2) is 45.4 Å². The number of rotatable bonds is 4. The van der Waals surface area contributed by atoms with Gasteiger partial charge in [0.1, 0.15) is 11.7 Å². The molecule has 6 heteroatoms. The van der Waals surface area contributed by atoms with E-state index in [9.17, 15) is 0 Å². The van der Waals surface area contributed by atoms with E-state index in [1.54, 1.807) is 21.3 Å². The Balaban J connectivity index is 1.64. The molecular weight excluding hydrogens is 348 g/mol. The lowest BCUT2D eigenvalue weighted by atomic mass is 9.59. The Morgan fingerprint density at radius 1 is 0.963 bits per heavy atom. The monoisotopic (exact) mass is 376 g/mol. The summed E-state index contributed by atoms with van der Waals surface area (Å²) >= 11 is 0. The lowest BCUT2D eigenvalue weighted by Gasteiger charge is -2.47. The highest BCUT2D eigenvalue weighted by Crippen LogP contribution is 2.71. The van der Waals surface area contributed by atoms with Crippen LogP contribution in [0.2, 0.25) is 0 Å². The first kappa shape index (κ1) is 17.6. The molecule has 1 aromatic carbocycles. The van der Waals surface area contributed by atoms with Crippen LogP contribution in [0.25, 0.3) is 0 Å². The Morgan fingerprint density at radius 3 is 2.33 bits per heavy atom. The zero-order valence-corrected chi connectivity index (χ0v) is 16.4. The third kappa shape index (κ3) is 2.12. The third-order valence-corrected chi connectivity index (χ3v) is 7.16. The standard InChI is InChI=1S/C21H28O6/c1-12-18-21-8-6-5-7-20(21,11-16(25-12)27-21)19(26-18)13-9-14(22-2)17(24-4)15(10-13)23-3/h9-10,12,16,18-19H,5-8,11H2,1-4H3/t12-,16+,18?,19+,20-,21+/m0/s1. The molecule has 1 unspecified atom stereocenters. The lowest BCUT2D eigenvalue weighted by Crippen LogP contribution is -2.57. The number of hydrogen-bond donors (Lipinski definition) is 0. The molecule has 0 radical (unpaired) electrons. The largest absolute Gasteiger partial charge is 0.493 e. The summed E-state index contributed by atoms with van der Waals surface area (Å²) in [5, 5.41) is 0. The summed E-state index contributed by atoms with van der Waals surface area (Å²) in [6, 6.07) is 4.06. The van der Waals surface area contributed by atoms with Crippen molar-refractivity contribution < 1.29 is 28.4 Å². The van der Waals surface area contributed by atoms with E-state index in [0.717, 1.165) is 24.8 Å². The van der Waals surface area contributed by atoms with Crippen molar-refractivity contribution in [3.63, 3.8) is 0 Å². The maximum Gasteiger partial charge on any atom is 0.203 e. The van der Waals surface area contributed by atoms with Crippen LogP contribution in [0.4, 0.5) is 0 Å². The SMILES string of the molecule is COc1cc([C@H]2OC3[C@H](C)O[C@H]4C[C@@]25CCCC[C@@]35O4)cc(OC)c1OC. The molecule has 2 bridgehead atoms. The normalized spacial score (nSPS) is 41.9. The smallest absolute Gasteiger partial charge is 0.203 e. The highest BCUT2D eigenvalue weighted by Gasteiger charge is 2.75. The molecule has 0 amide bonds. The van der Waals surface area contributed by atoms with Crippen LogP contribution in [0.15, 0.2) is 12.1 Å². The third-order valence-electron chi connectivity index (χ3n) is 7.16. The van der Waals surface area contributed by atoms with Crippen molar-refractivity contribution in [2.24, 2.45) is 5.41 Å². The molecule has 1 spiro atoms. The fourth-order valence-electron chi connectivity index (χ4n) is 6.18. The van der Waals surface area contributed by atoms with Crippen molar-refractivity contribution in [3.05, 3.63) is 17.7 Å². The van der Waals surface area contributed by atoms with Crippen LogP contribution >= 0.6 is 0 Å². The molecule has 3 heterocycles. The van der Waals surface area contributed by atoms with Crippen molar-refractivity contribution in [2.75, 3.05) is 21.3 Å². The minimum Gasteiger partial charge on any atom is -0.493 e. The summed E-state index contributed by atoms with van der Waals surface area (Å²) in [5.74, 6) is 1.93. The van der Waals surface area contributed by atoms with Gasteiger partial charge in [0.25, 0.3) is 0 Å². The molecule has 4 fully saturated rings. The van der Waals surface area contributed by atoms with Gasteiger partial charge in [0, 0.05) is 11.8 Å². The minimum absolute atomic E-state index is 0.0377. The molecule has 27 heavy (non-hydrogen) atoms. The number of hydrogen-bond acceptors (Lipinski definition) is 6. The van der Waals surface area contributed by atoms with Crippen molar-refractivity contribution in [3.8, 4) is 17.2 Å². The summed E-state index contributed by atoms with van der Waals surface area (Å²) in [6.07, 6.45) is 5.22. The maximum absolute atomic E-state index is 6.71. The van der Waals surface area contributed by atoms with Gasteiger partial charge < -0.3 is 28.4 Å². The highest BCUT2D eigenvalue weighted by atomic mass is 16.7. The van der Waals surface area contributed by atoms with Crippen molar-refractivity contribution in [1.29, 1.82) is 0 Å². The highest BCUT2D eigenvalue weighted by molar-refractivity contribution is 5.55. The zero-order valence-electron chi connectivity index (χ0n) is 16.4. The molecule has 148 valence electrons. The molecule has 3 aliphatic heterocycles. The van der Waals surface area contributed by atoms with Gasteiger partial charge in [-0.15, -0.1) is 0 Å². The van der Waals surface area contributed by atoms with Gasteiger partial charge in [-0.3, -0.25) is 0 Å². The van der Waals surface area contributed by atoms with Gasteiger partial charge >= 0.3 is 0 Å². The molecule has 3 saturated heterocycles. The Labute approximate surface area is 160 Å². The quantitative estimate of drug-likeness (QED) is 0.800. The first-order chi connectivity index (χ1) is 13.1. The van der Waals surface area contributed by atoms with Gasteiger partial charge in [-0.25, -0.2) is 0 Å². The van der Waals surface area contributed by atoms with Crippen LogP contribution in [0.1, 0.15) is 50.7 Å². The van der Waals surface area contributed by atoms with Crippen LogP contribution in [0, 0.1) is 5.41 Å². The Bertz CT molecular complexity index is 725. The van der Waals surface area contributed by atoms with Gasteiger partial charge in [-0.05, 0) is 37.5 Å². The average molecular weight is 376 g/mol. The average Bonchev–Trinajstić information content (AvgIpc) is 3.13. The second-order valence-corrected chi connectivity index (χ2v) is 8.24. The topological polar surface area (TPSA) is 55.4 Å². The molecule has 6 atom stereocenters. The summed E-state index contributed by atoms with van der Waals surface area (Å²) in [4.78, 5) is 0. The first-order valence-corrected chi connectivity index (χ1v) is 9.87. The number of ether oxygens (including phenoxy) is 6. The summed E-state index contributed by atoms with van der Waals surface area (Å²) < 4.78 is 36.0. The Hall–Kier alpha value is -1.50. The van der Waals surface area contributed by atoms with Crippen LogP contribution in [-0.2, 0) is 14.2 Å². The molecule has 5 rings (SSSR count). The van der Waals surface area contributed by atoms with E-state index < -0.39 is 0 Å². The van der Waals surface area contributed by atoms with Crippen LogP contribution in [0.3, 0.4) is 0 Å². The molecule has 1 aromatic rings. The fraction of sp³-hybridized carbons (Fsp3) is 0.714. The molecular formula is C21H28O6. The van der Waals surface area contributed by atoms with E-state index in [0.29, 0.717) is 17.2 Å². The lowest BCUT2D eigenvalue weighted by molar-refractivity contribution is -0.287. The van der Waals surface area contributed by atoms with E-state index in [1.165, 1.54) is 12.8 Å². The second-order valence-electron chi connectivity index (χ2n) is 8.24. The molecule has 0 N–H and O–H groups in total. The Kier molecular flexibility index (Phi) is 3.91. The predicted molar refractivity (Wildman–Crippen MR) is 97.4 cm³/mol. The molecule has 1 saturated carbocycles. The predicted octanol–water partition coefficient (Wildman–Crippen LogP) is 3.62. The first-order valence-electron chi connectivity index (χ1n) is 9.87. The van der Waals surface area contributed by atoms with E-state index in [4.69, 9.17) is 28.4 Å². The molecule has 0 aromatic heterocycles. The van der Waals surface area contributed by atoms with Crippen LogP contribution < -0.4 is 14.2 Å². The Morgan fingerprint density at radius 2 is 1.67 bits per heavy atom. The van der Waals surface area contributed by atoms with E-state index >= 15 is 0 Å².